The first-order valence-electron chi connectivity index (χ1n) is 6.16. The highest BCUT2D eigenvalue weighted by atomic mass is 32.2. The molecule has 1 aromatic carbocycles. The minimum Gasteiger partial charge on any atom is -0.383 e. The van der Waals surface area contributed by atoms with Gasteiger partial charge in [-0.3, -0.25) is 10.1 Å². The minimum atomic E-state index is -3.53. The van der Waals surface area contributed by atoms with Crippen LogP contribution in [0.4, 0.5) is 11.4 Å². The summed E-state index contributed by atoms with van der Waals surface area (Å²) >= 11 is 0. The van der Waals surface area contributed by atoms with Crippen LogP contribution in [0, 0.1) is 10.1 Å². The van der Waals surface area contributed by atoms with Gasteiger partial charge in [0.25, 0.3) is 5.69 Å². The smallest absolute Gasteiger partial charge is 0.270 e. The summed E-state index contributed by atoms with van der Waals surface area (Å²) in [5.74, 6) is 0. The molecule has 8 heteroatoms. The first-order chi connectivity index (χ1) is 9.25. The van der Waals surface area contributed by atoms with Gasteiger partial charge in [0, 0.05) is 31.5 Å². The van der Waals surface area contributed by atoms with Crippen LogP contribution >= 0.6 is 0 Å². The van der Waals surface area contributed by atoms with E-state index in [1.807, 2.05) is 14.0 Å². The Kier molecular flexibility index (Phi) is 5.46. The van der Waals surface area contributed by atoms with Crippen molar-refractivity contribution in [3.8, 4) is 0 Å². The number of nitro benzene ring substituents is 1. The molecule has 20 heavy (non-hydrogen) atoms. The summed E-state index contributed by atoms with van der Waals surface area (Å²) < 4.78 is 23.4. The second kappa shape index (κ2) is 6.67. The van der Waals surface area contributed by atoms with Gasteiger partial charge in [-0.1, -0.05) is 6.92 Å². The number of nitro groups is 1. The highest BCUT2D eigenvalue weighted by Crippen LogP contribution is 2.26. The van der Waals surface area contributed by atoms with Gasteiger partial charge in [0.1, 0.15) is 0 Å². The number of rotatable bonds is 7. The summed E-state index contributed by atoms with van der Waals surface area (Å²) in [6.07, 6.45) is 1.04. The van der Waals surface area contributed by atoms with Crippen LogP contribution < -0.4 is 5.32 Å². The van der Waals surface area contributed by atoms with Crippen LogP contribution in [0.2, 0.25) is 0 Å². The van der Waals surface area contributed by atoms with Crippen molar-refractivity contribution in [2.45, 2.75) is 11.8 Å². The molecule has 0 unspecified atom stereocenters. The van der Waals surface area contributed by atoms with E-state index in [0.29, 0.717) is 12.2 Å². The van der Waals surface area contributed by atoms with Gasteiger partial charge in [-0.15, -0.1) is 0 Å². The van der Waals surface area contributed by atoms with E-state index in [9.17, 15) is 18.5 Å². The van der Waals surface area contributed by atoms with Crippen LogP contribution in [0.3, 0.4) is 0 Å². The van der Waals surface area contributed by atoms with E-state index < -0.39 is 14.8 Å². The molecule has 0 bridgehead atoms. The van der Waals surface area contributed by atoms with Gasteiger partial charge < -0.3 is 10.2 Å². The van der Waals surface area contributed by atoms with Gasteiger partial charge in [-0.2, -0.15) is 0 Å². The number of hydrogen-bond donors (Lipinski definition) is 1. The molecule has 0 aliphatic rings. The summed E-state index contributed by atoms with van der Waals surface area (Å²) in [5.41, 5.74) is 0.157. The lowest BCUT2D eigenvalue weighted by atomic mass is 10.3. The van der Waals surface area contributed by atoms with Crippen LogP contribution in [0.15, 0.2) is 23.1 Å². The molecule has 112 valence electrons. The molecule has 0 aliphatic carbocycles. The van der Waals surface area contributed by atoms with Crippen molar-refractivity contribution in [1.29, 1.82) is 0 Å². The number of nitrogens with one attached hydrogen (secondary N) is 1. The number of nitrogens with zero attached hydrogens (tertiary/aromatic N) is 2. The SMILES string of the molecule is CCN(C)CCNc1ccc([N+](=O)[O-])cc1S(C)(=O)=O. The van der Waals surface area contributed by atoms with Gasteiger partial charge in [0.15, 0.2) is 9.84 Å². The lowest BCUT2D eigenvalue weighted by Crippen LogP contribution is -2.25. The zero-order valence-corrected chi connectivity index (χ0v) is 12.6. The normalized spacial score (nSPS) is 11.6. The first kappa shape index (κ1) is 16.4. The number of hydrogen-bond acceptors (Lipinski definition) is 6. The van der Waals surface area contributed by atoms with E-state index in [0.717, 1.165) is 25.4 Å². The molecular formula is C12H19N3O4S. The third-order valence-electron chi connectivity index (χ3n) is 2.92. The maximum absolute atomic E-state index is 11.7. The number of non-ortho nitro benzene ring substituents is 1. The molecule has 7 nitrogen and oxygen atoms in total. The Labute approximate surface area is 118 Å². The summed E-state index contributed by atoms with van der Waals surface area (Å²) in [7, 11) is -1.57. The Morgan fingerprint density at radius 3 is 2.55 bits per heavy atom. The van der Waals surface area contributed by atoms with Gasteiger partial charge in [-0.25, -0.2) is 8.42 Å². The molecule has 1 N–H and O–H groups in total. The number of likely N-dealkylation sites (N-methyl/N-ethyl adjacent to an activating group) is 1. The van der Waals surface area contributed by atoms with E-state index in [4.69, 9.17) is 0 Å². The Hall–Kier alpha value is -1.67. The van der Waals surface area contributed by atoms with E-state index in [2.05, 4.69) is 10.2 Å². The summed E-state index contributed by atoms with van der Waals surface area (Å²) in [6.45, 7) is 4.22. The zero-order valence-electron chi connectivity index (χ0n) is 11.8. The second-order valence-electron chi connectivity index (χ2n) is 4.53. The fourth-order valence-electron chi connectivity index (χ4n) is 1.62. The van der Waals surface area contributed by atoms with Crippen LogP contribution in [-0.4, -0.2) is 51.2 Å². The lowest BCUT2D eigenvalue weighted by Gasteiger charge is -2.16. The Balaban J connectivity index is 2.98. The number of anilines is 1. The summed E-state index contributed by atoms with van der Waals surface area (Å²) in [4.78, 5) is 12.1. The molecule has 0 spiro atoms. The molecule has 0 saturated heterocycles. The van der Waals surface area contributed by atoms with E-state index >= 15 is 0 Å². The molecule has 1 rings (SSSR count). The van der Waals surface area contributed by atoms with Crippen molar-refractivity contribution >= 4 is 21.2 Å². The fraction of sp³-hybridized carbons (Fsp3) is 0.500. The van der Waals surface area contributed by atoms with E-state index in [-0.39, 0.29) is 10.6 Å². The Morgan fingerprint density at radius 2 is 2.05 bits per heavy atom. The number of benzene rings is 1. The van der Waals surface area contributed by atoms with E-state index in [1.165, 1.54) is 12.1 Å². The summed E-state index contributed by atoms with van der Waals surface area (Å²) in [6, 6.07) is 3.81. The van der Waals surface area contributed by atoms with Crippen molar-refractivity contribution in [3.63, 3.8) is 0 Å². The molecule has 0 atom stereocenters. The fourth-order valence-corrected chi connectivity index (χ4v) is 2.49. The predicted molar refractivity (Wildman–Crippen MR) is 77.9 cm³/mol. The molecule has 0 saturated carbocycles. The van der Waals surface area contributed by atoms with Crippen molar-refractivity contribution in [1.82, 2.24) is 4.90 Å². The minimum absolute atomic E-state index is 0.0501. The molecule has 0 aliphatic heterocycles. The molecule has 0 radical (unpaired) electrons. The lowest BCUT2D eigenvalue weighted by molar-refractivity contribution is -0.385. The van der Waals surface area contributed by atoms with Crippen LogP contribution in [0.25, 0.3) is 0 Å². The molecule has 1 aromatic rings. The standard InChI is InChI=1S/C12H19N3O4S/c1-4-14(2)8-7-13-11-6-5-10(15(16)17)9-12(11)20(3,18)19/h5-6,9,13H,4,7-8H2,1-3H3. The average molecular weight is 301 g/mol. The molecule has 0 aromatic heterocycles. The highest BCUT2D eigenvalue weighted by Gasteiger charge is 2.18. The van der Waals surface area contributed by atoms with Crippen molar-refractivity contribution in [3.05, 3.63) is 28.3 Å². The van der Waals surface area contributed by atoms with Crippen molar-refractivity contribution in [2.75, 3.05) is 38.3 Å². The summed E-state index contributed by atoms with van der Waals surface area (Å²) in [5, 5.41) is 13.7. The highest BCUT2D eigenvalue weighted by molar-refractivity contribution is 7.90. The van der Waals surface area contributed by atoms with Crippen LogP contribution in [-0.2, 0) is 9.84 Å². The maximum atomic E-state index is 11.7. The molecule has 0 heterocycles. The van der Waals surface area contributed by atoms with Crippen molar-refractivity contribution < 1.29 is 13.3 Å². The zero-order chi connectivity index (χ0) is 15.3. The van der Waals surface area contributed by atoms with Gasteiger partial charge in [0.05, 0.1) is 15.5 Å². The van der Waals surface area contributed by atoms with Gasteiger partial charge in [0.2, 0.25) is 0 Å². The van der Waals surface area contributed by atoms with Crippen molar-refractivity contribution in [2.24, 2.45) is 0 Å². The maximum Gasteiger partial charge on any atom is 0.270 e. The third kappa shape index (κ3) is 4.46. The van der Waals surface area contributed by atoms with Crippen LogP contribution in [0.5, 0.6) is 0 Å². The topological polar surface area (TPSA) is 92.5 Å². The Morgan fingerprint density at radius 1 is 1.40 bits per heavy atom. The molecule has 0 amide bonds. The quantitative estimate of drug-likeness (QED) is 0.604. The number of sulfone groups is 1. The predicted octanol–water partition coefficient (Wildman–Crippen LogP) is 1.36. The van der Waals surface area contributed by atoms with E-state index in [1.54, 1.807) is 0 Å². The van der Waals surface area contributed by atoms with Gasteiger partial charge in [-0.05, 0) is 19.7 Å². The van der Waals surface area contributed by atoms with Crippen LogP contribution in [0.1, 0.15) is 6.92 Å². The van der Waals surface area contributed by atoms with Gasteiger partial charge >= 0.3 is 0 Å². The Bertz CT molecular complexity index is 586. The third-order valence-corrected chi connectivity index (χ3v) is 4.06. The monoisotopic (exact) mass is 301 g/mol. The molecule has 0 fully saturated rings. The largest absolute Gasteiger partial charge is 0.383 e. The molecular weight excluding hydrogens is 282 g/mol. The average Bonchev–Trinajstić information content (AvgIpc) is 2.37. The second-order valence-corrected chi connectivity index (χ2v) is 6.52. The first-order valence-corrected chi connectivity index (χ1v) is 8.05.